The Morgan fingerprint density at radius 2 is 1.12 bits per heavy atom. The van der Waals surface area contributed by atoms with E-state index in [1.807, 2.05) is 0 Å². The monoisotopic (exact) mass is 304 g/mol. The fraction of sp³-hybridized carbons (Fsp3) is 0.667. The van der Waals surface area contributed by atoms with Crippen molar-refractivity contribution in [2.45, 2.75) is 12.1 Å². The topological polar surface area (TPSA) is 239 Å². The quantitative estimate of drug-likeness (QED) is 0.286. The van der Waals surface area contributed by atoms with Crippen molar-refractivity contribution in [2.24, 2.45) is 11.5 Å². The fourth-order valence-corrected chi connectivity index (χ4v) is 0.149. The maximum absolute atomic E-state index is 9.53. The van der Waals surface area contributed by atoms with Gasteiger partial charge in [0.2, 0.25) is 0 Å². The van der Waals surface area contributed by atoms with Crippen LogP contribution in [0.15, 0.2) is 0 Å². The minimum Gasteiger partial charge on any atom is -0.548 e. The smallest absolute Gasteiger partial charge is 0.548 e. The summed E-state index contributed by atoms with van der Waals surface area (Å²) < 4.78 is 0. The zero-order valence-electron chi connectivity index (χ0n) is 8.72. The van der Waals surface area contributed by atoms with E-state index in [9.17, 15) is 19.8 Å². The fourth-order valence-electron chi connectivity index (χ4n) is 0.149. The van der Waals surface area contributed by atoms with Crippen molar-refractivity contribution in [1.82, 2.24) is 0 Å². The minimum absolute atomic E-state index is 0. The molecule has 0 saturated carbocycles. The molecule has 10 nitrogen and oxygen atoms in total. The molecule has 2 atom stereocenters. The number of aliphatic carboxylic acids is 2. The number of rotatable bonds is 4. The molecule has 0 aromatic carbocycles. The zero-order valence-corrected chi connectivity index (χ0v) is 9.71. The van der Waals surface area contributed by atoms with Crippen molar-refractivity contribution in [3.63, 3.8) is 0 Å². The third kappa shape index (κ3) is 21.1. The van der Waals surface area contributed by atoms with Gasteiger partial charge in [-0.2, -0.15) is 0 Å². The van der Waals surface area contributed by atoms with E-state index in [1.165, 1.54) is 0 Å². The number of carbonyl (C=O) groups excluding carboxylic acids is 2. The maximum Gasteiger partial charge on any atom is 2.00 e. The molecule has 0 fully saturated rings. The molecule has 0 radical (unpaired) electrons. The Morgan fingerprint density at radius 1 is 0.941 bits per heavy atom. The number of carbonyl (C=O) groups is 2. The number of hydrogen-bond acceptors (Lipinski definition) is 8. The van der Waals surface area contributed by atoms with E-state index in [0.29, 0.717) is 0 Å². The summed E-state index contributed by atoms with van der Waals surface area (Å²) >= 11 is 0. The first-order chi connectivity index (χ1) is 6.36. The standard InChI is InChI=1S/2C3H7NO3.Ni.2H2O/c2*4-2(1-5)3(6)7;;;/h2*2,5H,1,4H2,(H,6,7);;2*1H2/q;;+2;;. The Hall–Kier alpha value is -0.806. The summed E-state index contributed by atoms with van der Waals surface area (Å²) in [6.45, 7) is -1.13. The number of nitrogens with two attached hydrogens (primary N) is 2. The molecule has 0 aromatic heterocycles. The maximum atomic E-state index is 9.53. The number of hydrogen-bond donors (Lipinski definition) is 4. The van der Waals surface area contributed by atoms with Crippen molar-refractivity contribution in [2.75, 3.05) is 13.2 Å². The van der Waals surface area contributed by atoms with E-state index >= 15 is 0 Å². The van der Waals surface area contributed by atoms with Gasteiger partial charge < -0.3 is 52.4 Å². The number of carboxylic acids is 2. The number of aliphatic hydroxyl groups excluding tert-OH is 2. The van der Waals surface area contributed by atoms with Crippen LogP contribution in [-0.4, -0.2) is 47.4 Å². The minimum atomic E-state index is -1.43. The van der Waals surface area contributed by atoms with Crippen molar-refractivity contribution >= 4 is 11.9 Å². The summed E-state index contributed by atoms with van der Waals surface area (Å²) in [6.07, 6.45) is 0. The SMILES string of the molecule is NC(CO)C(=O)[O-].NC(CO)C(=O)[O-].[Ni+2].[OH3+].[OH3+]. The van der Waals surface area contributed by atoms with Gasteiger partial charge in [0.05, 0.1) is 37.2 Å². The molecule has 0 aromatic rings. The summed E-state index contributed by atoms with van der Waals surface area (Å²) in [7, 11) is 0. The van der Waals surface area contributed by atoms with Crippen LogP contribution in [0.4, 0.5) is 0 Å². The Balaban J connectivity index is -0.0000000480. The molecular formula is C6H18N2NiO8+2. The van der Waals surface area contributed by atoms with Gasteiger partial charge in [-0.05, 0) is 0 Å². The molecule has 108 valence electrons. The number of carboxylic acid groups (broad SMARTS) is 2. The molecule has 0 rings (SSSR count). The van der Waals surface area contributed by atoms with Crippen LogP contribution in [0.3, 0.4) is 0 Å². The van der Waals surface area contributed by atoms with Crippen molar-refractivity contribution in [1.29, 1.82) is 0 Å². The molecular weight excluding hydrogens is 287 g/mol. The Morgan fingerprint density at radius 3 is 1.12 bits per heavy atom. The van der Waals surface area contributed by atoms with Crippen LogP contribution in [0.2, 0.25) is 0 Å². The van der Waals surface area contributed by atoms with Gasteiger partial charge in [-0.15, -0.1) is 0 Å². The predicted molar refractivity (Wildman–Crippen MR) is 49.9 cm³/mol. The first-order valence-corrected chi connectivity index (χ1v) is 3.51. The van der Waals surface area contributed by atoms with Crippen molar-refractivity contribution in [3.05, 3.63) is 0 Å². The van der Waals surface area contributed by atoms with Gasteiger partial charge in [0.25, 0.3) is 0 Å². The van der Waals surface area contributed by atoms with Crippen molar-refractivity contribution in [3.8, 4) is 0 Å². The second kappa shape index (κ2) is 17.6. The van der Waals surface area contributed by atoms with E-state index in [4.69, 9.17) is 21.7 Å². The zero-order chi connectivity index (χ0) is 11.7. The predicted octanol–water partition coefficient (Wildman–Crippen LogP) is -7.73. The second-order valence-electron chi connectivity index (χ2n) is 2.22. The average molecular weight is 305 g/mol. The van der Waals surface area contributed by atoms with E-state index < -0.39 is 37.2 Å². The normalized spacial score (nSPS) is 11.1. The Labute approximate surface area is 107 Å². The number of aliphatic hydroxyl groups is 2. The van der Waals surface area contributed by atoms with Crippen LogP contribution in [0, 0.1) is 0 Å². The molecule has 0 aliphatic carbocycles. The van der Waals surface area contributed by atoms with E-state index in [-0.39, 0.29) is 27.4 Å². The van der Waals surface area contributed by atoms with E-state index in [1.54, 1.807) is 0 Å². The van der Waals surface area contributed by atoms with Gasteiger partial charge in [-0.1, -0.05) is 0 Å². The molecule has 11 heteroatoms. The summed E-state index contributed by atoms with van der Waals surface area (Å²) in [6, 6.07) is -2.47. The molecule has 2 unspecified atom stereocenters. The molecule has 12 N–H and O–H groups in total. The average Bonchev–Trinajstić information content (AvgIpc) is 2.15. The third-order valence-corrected chi connectivity index (χ3v) is 0.999. The first-order valence-electron chi connectivity index (χ1n) is 3.51. The van der Waals surface area contributed by atoms with Gasteiger partial charge in [0.15, 0.2) is 0 Å². The van der Waals surface area contributed by atoms with Gasteiger partial charge in [-0.3, -0.25) is 0 Å². The third-order valence-electron chi connectivity index (χ3n) is 0.999. The molecule has 0 aliphatic rings. The Kier molecular flexibility index (Phi) is 30.9. The summed E-state index contributed by atoms with van der Waals surface area (Å²) in [4.78, 5) is 19.1. The molecule has 0 aliphatic heterocycles. The molecule has 0 spiro atoms. The van der Waals surface area contributed by atoms with Gasteiger partial charge in [-0.25, -0.2) is 0 Å². The van der Waals surface area contributed by atoms with Crippen LogP contribution >= 0.6 is 0 Å². The Bertz CT molecular complexity index is 173. The summed E-state index contributed by atoms with van der Waals surface area (Å²) in [5, 5.41) is 35.0. The molecule has 0 heterocycles. The van der Waals surface area contributed by atoms with Gasteiger partial charge in [0, 0.05) is 0 Å². The van der Waals surface area contributed by atoms with Crippen LogP contribution in [0.25, 0.3) is 0 Å². The second-order valence-corrected chi connectivity index (χ2v) is 2.22. The molecule has 17 heavy (non-hydrogen) atoms. The molecule has 0 saturated heterocycles. The van der Waals surface area contributed by atoms with Gasteiger partial charge >= 0.3 is 16.5 Å². The first kappa shape index (κ1) is 29.8. The van der Waals surface area contributed by atoms with E-state index in [2.05, 4.69) is 0 Å². The largest absolute Gasteiger partial charge is 2.00 e. The van der Waals surface area contributed by atoms with Gasteiger partial charge in [0.1, 0.15) is 0 Å². The summed E-state index contributed by atoms with van der Waals surface area (Å²) in [5.41, 5.74) is 9.41. The van der Waals surface area contributed by atoms with Crippen molar-refractivity contribution < 1.29 is 57.5 Å². The van der Waals surface area contributed by atoms with Crippen LogP contribution < -0.4 is 21.7 Å². The molecule has 0 bridgehead atoms. The summed E-state index contributed by atoms with van der Waals surface area (Å²) in [5.74, 6) is -2.86. The van der Waals surface area contributed by atoms with E-state index in [0.717, 1.165) is 0 Å². The van der Waals surface area contributed by atoms with Crippen LogP contribution in [0.1, 0.15) is 0 Å². The van der Waals surface area contributed by atoms with Crippen LogP contribution in [-0.2, 0) is 37.0 Å². The van der Waals surface area contributed by atoms with Crippen LogP contribution in [0.5, 0.6) is 0 Å². The molecule has 0 amide bonds.